The van der Waals surface area contributed by atoms with E-state index in [0.717, 1.165) is 20.4 Å². The number of halogens is 1. The summed E-state index contributed by atoms with van der Waals surface area (Å²) in [5, 5.41) is 1.98. The Morgan fingerprint density at radius 2 is 2.00 bits per heavy atom. The number of nitrogens with zero attached hydrogens (tertiary/aromatic N) is 2. The van der Waals surface area contributed by atoms with Crippen molar-refractivity contribution in [1.82, 2.24) is 9.97 Å². The van der Waals surface area contributed by atoms with Gasteiger partial charge in [0.2, 0.25) is 5.88 Å². The van der Waals surface area contributed by atoms with Crippen molar-refractivity contribution >= 4 is 37.5 Å². The molecule has 3 nitrogen and oxygen atoms in total. The molecule has 5 heteroatoms. The molecular weight excluding hydrogens is 300 g/mol. The van der Waals surface area contributed by atoms with Gasteiger partial charge < -0.3 is 4.74 Å². The maximum absolute atomic E-state index is 5.79. The zero-order chi connectivity index (χ0) is 11.7. The SMILES string of the molecule is Brc1ccccc1Oc1ncnc2ccsc12. The minimum absolute atomic E-state index is 0.594. The number of aromatic nitrogens is 2. The van der Waals surface area contributed by atoms with Gasteiger partial charge in [-0.25, -0.2) is 9.97 Å². The third-order valence-corrected chi connectivity index (χ3v) is 3.80. The van der Waals surface area contributed by atoms with Crippen molar-refractivity contribution in [2.24, 2.45) is 0 Å². The van der Waals surface area contributed by atoms with E-state index in [1.165, 1.54) is 6.33 Å². The predicted octanol–water partition coefficient (Wildman–Crippen LogP) is 4.25. The van der Waals surface area contributed by atoms with Crippen LogP contribution in [-0.4, -0.2) is 9.97 Å². The van der Waals surface area contributed by atoms with Crippen LogP contribution in [0.4, 0.5) is 0 Å². The highest BCUT2D eigenvalue weighted by Crippen LogP contribution is 2.33. The van der Waals surface area contributed by atoms with Crippen LogP contribution in [0.1, 0.15) is 0 Å². The standard InChI is InChI=1S/C12H7BrN2OS/c13-8-3-1-2-4-10(8)16-12-11-9(5-6-17-11)14-7-15-12/h1-7H. The molecule has 0 saturated heterocycles. The molecule has 0 unspecified atom stereocenters. The first-order valence-electron chi connectivity index (χ1n) is 4.95. The molecule has 0 saturated carbocycles. The lowest BCUT2D eigenvalue weighted by Crippen LogP contribution is -1.89. The van der Waals surface area contributed by atoms with Gasteiger partial charge in [-0.1, -0.05) is 12.1 Å². The third kappa shape index (κ3) is 2.03. The first-order valence-corrected chi connectivity index (χ1v) is 6.62. The van der Waals surface area contributed by atoms with E-state index >= 15 is 0 Å². The van der Waals surface area contributed by atoms with Crippen molar-refractivity contribution in [2.45, 2.75) is 0 Å². The van der Waals surface area contributed by atoms with E-state index in [0.29, 0.717) is 5.88 Å². The van der Waals surface area contributed by atoms with Gasteiger partial charge in [0, 0.05) is 0 Å². The van der Waals surface area contributed by atoms with Crippen LogP contribution in [0.15, 0.2) is 46.5 Å². The van der Waals surface area contributed by atoms with Gasteiger partial charge in [-0.3, -0.25) is 0 Å². The van der Waals surface area contributed by atoms with Crippen LogP contribution in [0.25, 0.3) is 10.2 Å². The molecule has 1 aromatic carbocycles. The van der Waals surface area contributed by atoms with Gasteiger partial charge in [-0.15, -0.1) is 11.3 Å². The molecule has 2 heterocycles. The molecule has 0 amide bonds. The topological polar surface area (TPSA) is 35.0 Å². The highest BCUT2D eigenvalue weighted by Gasteiger charge is 2.08. The third-order valence-electron chi connectivity index (χ3n) is 2.25. The van der Waals surface area contributed by atoms with Gasteiger partial charge >= 0.3 is 0 Å². The summed E-state index contributed by atoms with van der Waals surface area (Å²) in [6, 6.07) is 9.65. The largest absolute Gasteiger partial charge is 0.436 e. The van der Waals surface area contributed by atoms with Crippen LogP contribution in [-0.2, 0) is 0 Å². The zero-order valence-corrected chi connectivity index (χ0v) is 11.0. The van der Waals surface area contributed by atoms with Crippen molar-refractivity contribution in [2.75, 3.05) is 0 Å². The molecule has 3 rings (SSSR count). The summed E-state index contributed by atoms with van der Waals surface area (Å²) in [5.74, 6) is 1.35. The van der Waals surface area contributed by atoms with E-state index in [2.05, 4.69) is 25.9 Å². The summed E-state index contributed by atoms with van der Waals surface area (Å²) in [6.07, 6.45) is 1.52. The van der Waals surface area contributed by atoms with E-state index in [4.69, 9.17) is 4.74 Å². The maximum atomic E-state index is 5.79. The number of rotatable bonds is 2. The summed E-state index contributed by atoms with van der Waals surface area (Å²) < 4.78 is 7.66. The smallest absolute Gasteiger partial charge is 0.240 e. The lowest BCUT2D eigenvalue weighted by molar-refractivity contribution is 0.466. The minimum atomic E-state index is 0.594. The fraction of sp³-hybridized carbons (Fsp3) is 0. The monoisotopic (exact) mass is 306 g/mol. The van der Waals surface area contributed by atoms with Crippen LogP contribution >= 0.6 is 27.3 Å². The van der Waals surface area contributed by atoms with Crippen molar-refractivity contribution in [3.05, 3.63) is 46.5 Å². The van der Waals surface area contributed by atoms with E-state index in [-0.39, 0.29) is 0 Å². The quantitative estimate of drug-likeness (QED) is 0.710. The van der Waals surface area contributed by atoms with Gasteiger partial charge in [0.1, 0.15) is 16.8 Å². The van der Waals surface area contributed by atoms with E-state index < -0.39 is 0 Å². The van der Waals surface area contributed by atoms with Gasteiger partial charge in [0.25, 0.3) is 0 Å². The molecule has 0 bridgehead atoms. The Hall–Kier alpha value is -1.46. The van der Waals surface area contributed by atoms with Crippen LogP contribution in [0.3, 0.4) is 0 Å². The highest BCUT2D eigenvalue weighted by atomic mass is 79.9. The number of ether oxygens (including phenoxy) is 1. The fourth-order valence-corrected chi connectivity index (χ4v) is 2.61. The Bertz CT molecular complexity index is 668. The Morgan fingerprint density at radius 1 is 1.12 bits per heavy atom. The van der Waals surface area contributed by atoms with Crippen LogP contribution in [0.5, 0.6) is 11.6 Å². The van der Waals surface area contributed by atoms with E-state index in [1.54, 1.807) is 11.3 Å². The van der Waals surface area contributed by atoms with Crippen LogP contribution in [0, 0.1) is 0 Å². The zero-order valence-electron chi connectivity index (χ0n) is 8.63. The summed E-state index contributed by atoms with van der Waals surface area (Å²) in [6.45, 7) is 0. The molecule has 2 aromatic heterocycles. The van der Waals surface area contributed by atoms with Gasteiger partial charge in [-0.2, -0.15) is 0 Å². The Morgan fingerprint density at radius 3 is 2.88 bits per heavy atom. The van der Waals surface area contributed by atoms with Crippen LogP contribution < -0.4 is 4.74 Å². The molecule has 0 aliphatic heterocycles. The Labute approximate surface area is 110 Å². The van der Waals surface area contributed by atoms with E-state index in [9.17, 15) is 0 Å². The Kier molecular flexibility index (Phi) is 2.78. The van der Waals surface area contributed by atoms with E-state index in [1.807, 2.05) is 35.7 Å². The fourth-order valence-electron chi connectivity index (χ4n) is 1.47. The van der Waals surface area contributed by atoms with Gasteiger partial charge in [0.15, 0.2) is 0 Å². The lowest BCUT2D eigenvalue weighted by atomic mass is 10.3. The molecule has 3 aromatic rings. The second-order valence-electron chi connectivity index (χ2n) is 3.35. The van der Waals surface area contributed by atoms with Crippen LogP contribution in [0.2, 0.25) is 0 Å². The molecular formula is C12H7BrN2OS. The summed E-state index contributed by atoms with van der Waals surface area (Å²) in [5.41, 5.74) is 0.909. The maximum Gasteiger partial charge on any atom is 0.240 e. The average molecular weight is 307 g/mol. The van der Waals surface area contributed by atoms with Crippen molar-refractivity contribution in [1.29, 1.82) is 0 Å². The number of para-hydroxylation sites is 1. The highest BCUT2D eigenvalue weighted by molar-refractivity contribution is 9.10. The molecule has 0 radical (unpaired) electrons. The van der Waals surface area contributed by atoms with Crippen molar-refractivity contribution < 1.29 is 4.74 Å². The van der Waals surface area contributed by atoms with Crippen molar-refractivity contribution in [3.8, 4) is 11.6 Å². The average Bonchev–Trinajstić information content (AvgIpc) is 2.81. The Balaban J connectivity index is 2.06. The lowest BCUT2D eigenvalue weighted by Gasteiger charge is -2.06. The van der Waals surface area contributed by atoms with Gasteiger partial charge in [-0.05, 0) is 39.5 Å². The first-order chi connectivity index (χ1) is 8.34. The number of benzene rings is 1. The minimum Gasteiger partial charge on any atom is -0.436 e. The molecule has 17 heavy (non-hydrogen) atoms. The molecule has 0 fully saturated rings. The normalized spacial score (nSPS) is 10.6. The molecule has 0 aliphatic carbocycles. The molecule has 0 aliphatic rings. The molecule has 0 atom stereocenters. The number of thiophene rings is 1. The molecule has 0 N–H and O–H groups in total. The summed E-state index contributed by atoms with van der Waals surface area (Å²) >= 11 is 5.02. The van der Waals surface area contributed by atoms with Gasteiger partial charge in [0.05, 0.1) is 9.99 Å². The molecule has 84 valence electrons. The number of hydrogen-bond acceptors (Lipinski definition) is 4. The van der Waals surface area contributed by atoms with Crippen molar-refractivity contribution in [3.63, 3.8) is 0 Å². The predicted molar refractivity (Wildman–Crippen MR) is 71.6 cm³/mol. The second-order valence-corrected chi connectivity index (χ2v) is 5.12. The number of hydrogen-bond donors (Lipinski definition) is 0. The first kappa shape index (κ1) is 10.7. The summed E-state index contributed by atoms with van der Waals surface area (Å²) in [7, 11) is 0. The summed E-state index contributed by atoms with van der Waals surface area (Å²) in [4.78, 5) is 8.35. The number of fused-ring (bicyclic) bond motifs is 1. The second kappa shape index (κ2) is 4.43. The molecule has 0 spiro atoms.